The van der Waals surface area contributed by atoms with Crippen LogP contribution in [0.5, 0.6) is 11.5 Å². The van der Waals surface area contributed by atoms with Crippen molar-refractivity contribution in [3.63, 3.8) is 0 Å². The van der Waals surface area contributed by atoms with Crippen LogP contribution in [-0.2, 0) is 4.74 Å². The number of thiocarbonyl (C=S) groups is 1. The first-order chi connectivity index (χ1) is 9.56. The van der Waals surface area contributed by atoms with Gasteiger partial charge in [0.2, 0.25) is 0 Å². The van der Waals surface area contributed by atoms with E-state index in [9.17, 15) is 0 Å². The molecule has 0 aliphatic rings. The van der Waals surface area contributed by atoms with Gasteiger partial charge in [-0.25, -0.2) is 0 Å². The summed E-state index contributed by atoms with van der Waals surface area (Å²) in [5.74, 6) is 1.33. The average molecular weight is 295 g/mol. The normalized spacial score (nSPS) is 10.7. The second-order valence-electron chi connectivity index (χ2n) is 4.32. The highest BCUT2D eigenvalue weighted by Crippen LogP contribution is 2.30. The fourth-order valence-corrected chi connectivity index (χ4v) is 1.77. The molecule has 0 heterocycles. The topological polar surface area (TPSA) is 39.7 Å². The maximum absolute atomic E-state index is 5.64. The summed E-state index contributed by atoms with van der Waals surface area (Å²) < 4.78 is 16.3. The van der Waals surface area contributed by atoms with Crippen LogP contribution >= 0.6 is 12.2 Å². The molecule has 0 saturated heterocycles. The number of allylic oxidation sites excluding steroid dienone is 1. The number of rotatable bonds is 6. The van der Waals surface area contributed by atoms with Crippen LogP contribution in [-0.4, -0.2) is 25.0 Å². The third-order valence-corrected chi connectivity index (χ3v) is 2.52. The zero-order valence-electron chi connectivity index (χ0n) is 12.3. The standard InChI is InChI=1S/C15H21NO3S/c1-5-6-9-18-14-10-12(7-8-13(14)17-4)16-15(20)19-11(2)3/h5-8,10-11H,9H2,1-4H3,(H,16,20)/b6-5+. The molecule has 0 amide bonds. The molecule has 1 aromatic rings. The lowest BCUT2D eigenvalue weighted by Gasteiger charge is -2.14. The van der Waals surface area contributed by atoms with Crippen molar-refractivity contribution in [1.29, 1.82) is 0 Å². The molecular formula is C15H21NO3S. The van der Waals surface area contributed by atoms with Gasteiger partial charge in [0, 0.05) is 11.8 Å². The molecule has 0 aromatic heterocycles. The molecule has 0 spiro atoms. The van der Waals surface area contributed by atoms with Crippen LogP contribution in [0.25, 0.3) is 0 Å². The van der Waals surface area contributed by atoms with E-state index in [0.29, 0.717) is 23.3 Å². The zero-order valence-corrected chi connectivity index (χ0v) is 13.1. The first kappa shape index (κ1) is 16.3. The molecule has 0 atom stereocenters. The summed E-state index contributed by atoms with van der Waals surface area (Å²) in [5.41, 5.74) is 0.798. The van der Waals surface area contributed by atoms with Gasteiger partial charge in [0.25, 0.3) is 5.17 Å². The highest BCUT2D eigenvalue weighted by molar-refractivity contribution is 7.80. The Morgan fingerprint density at radius 1 is 1.35 bits per heavy atom. The lowest BCUT2D eigenvalue weighted by atomic mass is 10.3. The molecule has 0 saturated carbocycles. The van der Waals surface area contributed by atoms with E-state index in [-0.39, 0.29) is 6.10 Å². The van der Waals surface area contributed by atoms with E-state index in [1.165, 1.54) is 0 Å². The molecule has 0 bridgehead atoms. The Bertz CT molecular complexity index is 472. The molecule has 4 nitrogen and oxygen atoms in total. The van der Waals surface area contributed by atoms with Gasteiger partial charge in [0.1, 0.15) is 6.61 Å². The van der Waals surface area contributed by atoms with Gasteiger partial charge in [-0.15, -0.1) is 0 Å². The quantitative estimate of drug-likeness (QED) is 0.639. The summed E-state index contributed by atoms with van der Waals surface area (Å²) in [4.78, 5) is 0. The van der Waals surface area contributed by atoms with Gasteiger partial charge in [-0.05, 0) is 45.1 Å². The fraction of sp³-hybridized carbons (Fsp3) is 0.400. The van der Waals surface area contributed by atoms with Crippen LogP contribution in [0.4, 0.5) is 5.69 Å². The molecule has 0 unspecified atom stereocenters. The number of hydrogen-bond acceptors (Lipinski definition) is 4. The molecule has 0 fully saturated rings. The number of ether oxygens (including phenoxy) is 3. The van der Waals surface area contributed by atoms with Crippen molar-refractivity contribution in [2.75, 3.05) is 19.0 Å². The highest BCUT2D eigenvalue weighted by Gasteiger charge is 2.07. The predicted molar refractivity (Wildman–Crippen MR) is 85.7 cm³/mol. The van der Waals surface area contributed by atoms with Crippen LogP contribution in [0.2, 0.25) is 0 Å². The Hall–Kier alpha value is -1.75. The van der Waals surface area contributed by atoms with E-state index in [2.05, 4.69) is 5.32 Å². The monoisotopic (exact) mass is 295 g/mol. The molecule has 20 heavy (non-hydrogen) atoms. The van der Waals surface area contributed by atoms with Gasteiger partial charge >= 0.3 is 0 Å². The van der Waals surface area contributed by atoms with Crippen molar-refractivity contribution in [2.24, 2.45) is 0 Å². The van der Waals surface area contributed by atoms with Gasteiger partial charge in [0.05, 0.1) is 13.2 Å². The third kappa shape index (κ3) is 5.48. The lowest BCUT2D eigenvalue weighted by molar-refractivity contribution is 0.235. The molecule has 0 radical (unpaired) electrons. The number of nitrogens with one attached hydrogen (secondary N) is 1. The van der Waals surface area contributed by atoms with E-state index in [1.807, 2.05) is 51.1 Å². The van der Waals surface area contributed by atoms with Crippen LogP contribution in [0, 0.1) is 0 Å². The Morgan fingerprint density at radius 2 is 2.10 bits per heavy atom. The van der Waals surface area contributed by atoms with E-state index < -0.39 is 0 Å². The van der Waals surface area contributed by atoms with E-state index in [4.69, 9.17) is 26.4 Å². The number of anilines is 1. The van der Waals surface area contributed by atoms with Gasteiger partial charge in [0.15, 0.2) is 11.5 Å². The average Bonchev–Trinajstić information content (AvgIpc) is 2.38. The van der Waals surface area contributed by atoms with E-state index >= 15 is 0 Å². The van der Waals surface area contributed by atoms with Crippen molar-refractivity contribution < 1.29 is 14.2 Å². The molecule has 110 valence electrons. The predicted octanol–water partition coefficient (Wildman–Crippen LogP) is 3.77. The number of methoxy groups -OCH3 is 1. The Labute approximate surface area is 125 Å². The van der Waals surface area contributed by atoms with Gasteiger partial charge in [-0.2, -0.15) is 0 Å². The highest BCUT2D eigenvalue weighted by atomic mass is 32.1. The molecule has 1 aromatic carbocycles. The fourth-order valence-electron chi connectivity index (χ4n) is 1.46. The number of hydrogen-bond donors (Lipinski definition) is 1. The molecule has 5 heteroatoms. The SMILES string of the molecule is C/C=C/COc1cc(NC(=S)OC(C)C)ccc1OC. The van der Waals surface area contributed by atoms with Gasteiger partial charge < -0.3 is 19.5 Å². The summed E-state index contributed by atoms with van der Waals surface area (Å²) in [6.07, 6.45) is 3.89. The second-order valence-corrected chi connectivity index (χ2v) is 4.70. The molecule has 1 rings (SSSR count). The second kappa shape index (κ2) is 8.43. The molecule has 0 aliphatic heterocycles. The first-order valence-corrected chi connectivity index (χ1v) is 6.87. The summed E-state index contributed by atoms with van der Waals surface area (Å²) in [5, 5.41) is 3.35. The largest absolute Gasteiger partial charge is 0.493 e. The first-order valence-electron chi connectivity index (χ1n) is 6.46. The lowest BCUT2D eigenvalue weighted by Crippen LogP contribution is -2.17. The smallest absolute Gasteiger partial charge is 0.261 e. The van der Waals surface area contributed by atoms with Crippen LogP contribution in [0.3, 0.4) is 0 Å². The summed E-state index contributed by atoms with van der Waals surface area (Å²) >= 11 is 5.11. The summed E-state index contributed by atoms with van der Waals surface area (Å²) in [6.45, 7) is 6.28. The Morgan fingerprint density at radius 3 is 2.70 bits per heavy atom. The maximum atomic E-state index is 5.64. The molecular weight excluding hydrogens is 274 g/mol. The molecule has 0 aliphatic carbocycles. The number of benzene rings is 1. The minimum Gasteiger partial charge on any atom is -0.493 e. The van der Waals surface area contributed by atoms with Gasteiger partial charge in [-0.1, -0.05) is 12.2 Å². The maximum Gasteiger partial charge on any atom is 0.261 e. The summed E-state index contributed by atoms with van der Waals surface area (Å²) in [6, 6.07) is 5.51. The minimum atomic E-state index is 0.0404. The van der Waals surface area contributed by atoms with E-state index in [1.54, 1.807) is 7.11 Å². The van der Waals surface area contributed by atoms with Gasteiger partial charge in [-0.3, -0.25) is 0 Å². The minimum absolute atomic E-state index is 0.0404. The van der Waals surface area contributed by atoms with Crippen LogP contribution in [0.1, 0.15) is 20.8 Å². The Balaban J connectivity index is 2.77. The zero-order chi connectivity index (χ0) is 15.0. The van der Waals surface area contributed by atoms with Crippen LogP contribution < -0.4 is 14.8 Å². The van der Waals surface area contributed by atoms with Crippen molar-refractivity contribution in [2.45, 2.75) is 26.9 Å². The van der Waals surface area contributed by atoms with Crippen molar-refractivity contribution in [1.82, 2.24) is 0 Å². The van der Waals surface area contributed by atoms with Crippen molar-refractivity contribution in [3.8, 4) is 11.5 Å². The van der Waals surface area contributed by atoms with Crippen molar-refractivity contribution >= 4 is 23.1 Å². The Kier molecular flexibility index (Phi) is 6.87. The van der Waals surface area contributed by atoms with Crippen molar-refractivity contribution in [3.05, 3.63) is 30.4 Å². The molecule has 1 N–H and O–H groups in total. The van der Waals surface area contributed by atoms with E-state index in [0.717, 1.165) is 5.69 Å². The van der Waals surface area contributed by atoms with Crippen LogP contribution in [0.15, 0.2) is 30.4 Å². The summed E-state index contributed by atoms with van der Waals surface area (Å²) in [7, 11) is 1.61. The third-order valence-electron chi connectivity index (χ3n) is 2.32.